The lowest BCUT2D eigenvalue weighted by atomic mass is 10.1. The van der Waals surface area contributed by atoms with Crippen molar-refractivity contribution in [1.82, 2.24) is 9.97 Å². The maximum absolute atomic E-state index is 5.72. The van der Waals surface area contributed by atoms with Crippen LogP contribution < -0.4 is 16.0 Å². The van der Waals surface area contributed by atoms with Gasteiger partial charge in [-0.05, 0) is 31.5 Å². The molecule has 5 nitrogen and oxygen atoms in total. The van der Waals surface area contributed by atoms with Gasteiger partial charge in [0.1, 0.15) is 17.5 Å². The minimum Gasteiger partial charge on any atom is -0.384 e. The summed E-state index contributed by atoms with van der Waals surface area (Å²) >= 11 is 0. The molecule has 0 fully saturated rings. The van der Waals surface area contributed by atoms with E-state index in [-0.39, 0.29) is 0 Å². The number of aromatic nitrogens is 2. The third-order valence-corrected chi connectivity index (χ3v) is 2.82. The summed E-state index contributed by atoms with van der Waals surface area (Å²) in [5, 5.41) is 3.25. The highest BCUT2D eigenvalue weighted by Gasteiger charge is 2.04. The summed E-state index contributed by atoms with van der Waals surface area (Å²) in [5.41, 5.74) is 9.10. The zero-order valence-electron chi connectivity index (χ0n) is 11.7. The highest BCUT2D eigenvalue weighted by molar-refractivity contribution is 5.66. The number of anilines is 4. The second kappa shape index (κ2) is 5.14. The third-order valence-electron chi connectivity index (χ3n) is 2.82. The first-order valence-electron chi connectivity index (χ1n) is 6.12. The van der Waals surface area contributed by atoms with Crippen LogP contribution in [-0.4, -0.2) is 24.1 Å². The molecule has 2 aromatic rings. The Balaban J connectivity index is 2.30. The van der Waals surface area contributed by atoms with E-state index in [4.69, 9.17) is 5.73 Å². The summed E-state index contributed by atoms with van der Waals surface area (Å²) in [6.07, 6.45) is 0. The van der Waals surface area contributed by atoms with Gasteiger partial charge in [-0.25, -0.2) is 9.97 Å². The van der Waals surface area contributed by atoms with Crippen LogP contribution in [0, 0.1) is 13.8 Å². The van der Waals surface area contributed by atoms with Crippen LogP contribution in [0.25, 0.3) is 0 Å². The van der Waals surface area contributed by atoms with E-state index < -0.39 is 0 Å². The number of benzene rings is 1. The monoisotopic (exact) mass is 257 g/mol. The fourth-order valence-corrected chi connectivity index (χ4v) is 1.97. The lowest BCUT2D eigenvalue weighted by molar-refractivity contribution is 1.06. The lowest BCUT2D eigenvalue weighted by Gasteiger charge is -2.17. The van der Waals surface area contributed by atoms with E-state index >= 15 is 0 Å². The molecular formula is C14H19N5. The van der Waals surface area contributed by atoms with Crippen LogP contribution in [-0.2, 0) is 0 Å². The van der Waals surface area contributed by atoms with Crippen molar-refractivity contribution < 1.29 is 0 Å². The summed E-state index contributed by atoms with van der Waals surface area (Å²) in [5.74, 6) is 1.83. The Labute approximate surface area is 113 Å². The molecule has 5 heteroatoms. The molecule has 0 radical (unpaired) electrons. The Hall–Kier alpha value is -2.30. The Kier molecular flexibility index (Phi) is 3.55. The standard InChI is InChI=1S/C14H19N5/c1-9-5-6-11(7-12(9)19(3)4)18-14-8-13(15)16-10(2)17-14/h5-8H,1-4H3,(H3,15,16,17,18). The average molecular weight is 257 g/mol. The molecule has 19 heavy (non-hydrogen) atoms. The molecule has 0 aliphatic carbocycles. The second-order valence-corrected chi connectivity index (χ2v) is 4.75. The molecule has 1 aromatic carbocycles. The number of nitrogens with one attached hydrogen (secondary N) is 1. The molecular weight excluding hydrogens is 238 g/mol. The van der Waals surface area contributed by atoms with Crippen LogP contribution >= 0.6 is 0 Å². The molecule has 0 aliphatic heterocycles. The molecule has 100 valence electrons. The van der Waals surface area contributed by atoms with Crippen LogP contribution in [0.1, 0.15) is 11.4 Å². The van der Waals surface area contributed by atoms with Crippen molar-refractivity contribution in [2.24, 2.45) is 0 Å². The van der Waals surface area contributed by atoms with Gasteiger partial charge in [-0.15, -0.1) is 0 Å². The minimum absolute atomic E-state index is 0.468. The number of aryl methyl sites for hydroxylation is 2. The minimum atomic E-state index is 0.468. The molecule has 0 unspecified atom stereocenters. The number of nitrogen functional groups attached to an aromatic ring is 1. The first-order chi connectivity index (χ1) is 8.95. The van der Waals surface area contributed by atoms with Crippen molar-refractivity contribution in [1.29, 1.82) is 0 Å². The van der Waals surface area contributed by atoms with Gasteiger partial charge < -0.3 is 16.0 Å². The number of rotatable bonds is 3. The van der Waals surface area contributed by atoms with E-state index in [0.717, 1.165) is 5.69 Å². The SMILES string of the molecule is Cc1nc(N)cc(Nc2ccc(C)c(N(C)C)c2)n1. The van der Waals surface area contributed by atoms with E-state index in [1.165, 1.54) is 11.3 Å². The molecule has 0 atom stereocenters. The van der Waals surface area contributed by atoms with Crippen molar-refractivity contribution in [3.63, 3.8) is 0 Å². The molecule has 1 heterocycles. The quantitative estimate of drug-likeness (QED) is 0.884. The summed E-state index contributed by atoms with van der Waals surface area (Å²) < 4.78 is 0. The van der Waals surface area contributed by atoms with Crippen LogP contribution in [0.5, 0.6) is 0 Å². The zero-order valence-corrected chi connectivity index (χ0v) is 11.7. The Morgan fingerprint density at radius 1 is 1.11 bits per heavy atom. The van der Waals surface area contributed by atoms with Gasteiger partial charge in [0.15, 0.2) is 0 Å². The Bertz CT molecular complexity index is 572. The fraction of sp³-hybridized carbons (Fsp3) is 0.286. The van der Waals surface area contributed by atoms with Crippen LogP contribution in [0.15, 0.2) is 24.3 Å². The van der Waals surface area contributed by atoms with Crippen molar-refractivity contribution in [2.45, 2.75) is 13.8 Å². The molecule has 0 amide bonds. The topological polar surface area (TPSA) is 67.1 Å². The van der Waals surface area contributed by atoms with Gasteiger partial charge in [0.2, 0.25) is 0 Å². The first kappa shape index (κ1) is 13.1. The first-order valence-corrected chi connectivity index (χ1v) is 6.12. The Morgan fingerprint density at radius 2 is 1.84 bits per heavy atom. The fourth-order valence-electron chi connectivity index (χ4n) is 1.97. The normalized spacial score (nSPS) is 10.3. The van der Waals surface area contributed by atoms with Crippen molar-refractivity contribution in [3.8, 4) is 0 Å². The van der Waals surface area contributed by atoms with Gasteiger partial charge in [-0.2, -0.15) is 0 Å². The van der Waals surface area contributed by atoms with Gasteiger partial charge in [0, 0.05) is 31.5 Å². The van der Waals surface area contributed by atoms with E-state index in [9.17, 15) is 0 Å². The van der Waals surface area contributed by atoms with Crippen LogP contribution in [0.2, 0.25) is 0 Å². The largest absolute Gasteiger partial charge is 0.384 e. The van der Waals surface area contributed by atoms with E-state index in [0.29, 0.717) is 17.5 Å². The van der Waals surface area contributed by atoms with Crippen molar-refractivity contribution in [2.75, 3.05) is 30.0 Å². The lowest BCUT2D eigenvalue weighted by Crippen LogP contribution is -2.10. The molecule has 0 saturated carbocycles. The molecule has 1 aromatic heterocycles. The van der Waals surface area contributed by atoms with Gasteiger partial charge in [0.05, 0.1) is 0 Å². The predicted octanol–water partition coefficient (Wildman–Crippen LogP) is 2.49. The molecule has 0 bridgehead atoms. The van der Waals surface area contributed by atoms with Crippen molar-refractivity contribution >= 4 is 23.0 Å². The van der Waals surface area contributed by atoms with E-state index in [1.807, 2.05) is 27.1 Å². The average Bonchev–Trinajstić information content (AvgIpc) is 2.30. The van der Waals surface area contributed by atoms with Gasteiger partial charge in [-0.3, -0.25) is 0 Å². The van der Waals surface area contributed by atoms with Crippen molar-refractivity contribution in [3.05, 3.63) is 35.7 Å². The number of nitrogens with zero attached hydrogens (tertiary/aromatic N) is 3. The smallest absolute Gasteiger partial charge is 0.136 e. The second-order valence-electron chi connectivity index (χ2n) is 4.75. The summed E-state index contributed by atoms with van der Waals surface area (Å²) in [4.78, 5) is 10.4. The van der Waals surface area contributed by atoms with Gasteiger partial charge in [-0.1, -0.05) is 6.07 Å². The van der Waals surface area contributed by atoms with E-state index in [2.05, 4.69) is 39.2 Å². The Morgan fingerprint density at radius 3 is 2.47 bits per heavy atom. The van der Waals surface area contributed by atoms with E-state index in [1.54, 1.807) is 6.07 Å². The predicted molar refractivity (Wildman–Crippen MR) is 80.0 cm³/mol. The highest BCUT2D eigenvalue weighted by atomic mass is 15.1. The summed E-state index contributed by atoms with van der Waals surface area (Å²) in [6.45, 7) is 3.91. The number of hydrogen-bond donors (Lipinski definition) is 2. The van der Waals surface area contributed by atoms with Gasteiger partial charge in [0.25, 0.3) is 0 Å². The molecule has 0 aliphatic rings. The molecule has 0 spiro atoms. The number of hydrogen-bond acceptors (Lipinski definition) is 5. The maximum atomic E-state index is 5.72. The summed E-state index contributed by atoms with van der Waals surface area (Å²) in [6, 6.07) is 7.91. The molecule has 0 saturated heterocycles. The van der Waals surface area contributed by atoms with Crippen LogP contribution in [0.4, 0.5) is 23.0 Å². The number of nitrogens with two attached hydrogens (primary N) is 1. The zero-order chi connectivity index (χ0) is 14.0. The van der Waals surface area contributed by atoms with Gasteiger partial charge >= 0.3 is 0 Å². The molecule has 3 N–H and O–H groups in total. The molecule has 2 rings (SSSR count). The maximum Gasteiger partial charge on any atom is 0.136 e. The van der Waals surface area contributed by atoms with Crippen LogP contribution in [0.3, 0.4) is 0 Å². The highest BCUT2D eigenvalue weighted by Crippen LogP contribution is 2.24. The third kappa shape index (κ3) is 3.13. The summed E-state index contributed by atoms with van der Waals surface area (Å²) in [7, 11) is 4.05.